The highest BCUT2D eigenvalue weighted by Gasteiger charge is 2.07. The van der Waals surface area contributed by atoms with E-state index >= 15 is 0 Å². The third-order valence-corrected chi connectivity index (χ3v) is 4.94. The van der Waals surface area contributed by atoms with Crippen molar-refractivity contribution < 1.29 is 4.74 Å². The van der Waals surface area contributed by atoms with Crippen molar-refractivity contribution in [2.45, 2.75) is 50.9 Å². The standard InChI is InChI=1S/C22H30N8O/c23-21(13-17-1-5-19(6-2-17)15-27-29-25)9-11-31-12-10-22(24)14-18-3-7-20(8-4-18)16-28-30-26/h1-8,21-22H,9-16,23-24H2. The lowest BCUT2D eigenvalue weighted by atomic mass is 10.0. The molecule has 2 aromatic rings. The minimum absolute atomic E-state index is 0.0283. The van der Waals surface area contributed by atoms with Crippen molar-refractivity contribution in [3.05, 3.63) is 91.7 Å². The van der Waals surface area contributed by atoms with E-state index in [2.05, 4.69) is 20.1 Å². The van der Waals surface area contributed by atoms with Gasteiger partial charge in [0.2, 0.25) is 0 Å². The van der Waals surface area contributed by atoms with Crippen LogP contribution in [0.15, 0.2) is 58.8 Å². The number of ether oxygens (including phenoxy) is 1. The molecule has 2 aromatic carbocycles. The minimum Gasteiger partial charge on any atom is -0.381 e. The van der Waals surface area contributed by atoms with Gasteiger partial charge in [0.05, 0.1) is 13.1 Å². The second-order valence-electron chi connectivity index (χ2n) is 7.53. The van der Waals surface area contributed by atoms with Crippen molar-refractivity contribution in [2.24, 2.45) is 21.7 Å². The molecule has 0 fully saturated rings. The van der Waals surface area contributed by atoms with Crippen LogP contribution in [0.5, 0.6) is 0 Å². The molecule has 164 valence electrons. The fourth-order valence-corrected chi connectivity index (χ4v) is 3.17. The first-order valence-corrected chi connectivity index (χ1v) is 10.4. The molecule has 9 heteroatoms. The second-order valence-corrected chi connectivity index (χ2v) is 7.53. The Balaban J connectivity index is 1.59. The lowest BCUT2D eigenvalue weighted by Crippen LogP contribution is -2.26. The smallest absolute Gasteiger partial charge is 0.0510 e. The van der Waals surface area contributed by atoms with Gasteiger partial charge in [-0.05, 0) is 59.0 Å². The average Bonchev–Trinajstić information content (AvgIpc) is 2.78. The molecule has 2 atom stereocenters. The summed E-state index contributed by atoms with van der Waals surface area (Å²) in [4.78, 5) is 5.53. The Kier molecular flexibility index (Phi) is 11.0. The number of hydrogen-bond acceptors (Lipinski definition) is 5. The number of benzene rings is 2. The van der Waals surface area contributed by atoms with Crippen molar-refractivity contribution in [1.82, 2.24) is 0 Å². The van der Waals surface area contributed by atoms with Crippen molar-refractivity contribution in [2.75, 3.05) is 13.2 Å². The van der Waals surface area contributed by atoms with Crippen LogP contribution in [0, 0.1) is 0 Å². The van der Waals surface area contributed by atoms with Gasteiger partial charge in [0, 0.05) is 35.1 Å². The van der Waals surface area contributed by atoms with E-state index in [1.54, 1.807) is 0 Å². The molecular weight excluding hydrogens is 392 g/mol. The van der Waals surface area contributed by atoms with E-state index in [-0.39, 0.29) is 12.1 Å². The summed E-state index contributed by atoms with van der Waals surface area (Å²) in [5.41, 5.74) is 33.4. The second kappa shape index (κ2) is 14.0. The van der Waals surface area contributed by atoms with Crippen LogP contribution >= 0.6 is 0 Å². The quantitative estimate of drug-likeness (QED) is 0.198. The fraction of sp³-hybridized carbons (Fsp3) is 0.455. The summed E-state index contributed by atoms with van der Waals surface area (Å²) in [5, 5.41) is 7.11. The molecule has 0 amide bonds. The SMILES string of the molecule is [N-]=[N+]=NCc1ccc(CC(N)CCOCCC(N)Cc2ccc(CN=[N+]=[N-])cc2)cc1. The summed E-state index contributed by atoms with van der Waals surface area (Å²) in [7, 11) is 0. The minimum atomic E-state index is 0.0283. The molecule has 0 aliphatic heterocycles. The van der Waals surface area contributed by atoms with Crippen LogP contribution in [-0.2, 0) is 30.7 Å². The lowest BCUT2D eigenvalue weighted by molar-refractivity contribution is 0.120. The molecule has 31 heavy (non-hydrogen) atoms. The maximum Gasteiger partial charge on any atom is 0.0510 e. The van der Waals surface area contributed by atoms with Crippen LogP contribution in [0.25, 0.3) is 20.9 Å². The summed E-state index contributed by atoms with van der Waals surface area (Å²) < 4.78 is 5.72. The van der Waals surface area contributed by atoms with E-state index in [1.165, 1.54) is 0 Å². The number of rotatable bonds is 14. The van der Waals surface area contributed by atoms with Gasteiger partial charge in [-0.1, -0.05) is 58.8 Å². The summed E-state index contributed by atoms with van der Waals surface area (Å²) in [5.74, 6) is 0. The first-order valence-electron chi connectivity index (χ1n) is 10.4. The van der Waals surface area contributed by atoms with Gasteiger partial charge in [0.15, 0.2) is 0 Å². The fourth-order valence-electron chi connectivity index (χ4n) is 3.17. The maximum absolute atomic E-state index is 8.36. The van der Waals surface area contributed by atoms with E-state index in [4.69, 9.17) is 27.3 Å². The summed E-state index contributed by atoms with van der Waals surface area (Å²) in [6, 6.07) is 16.0. The predicted octanol–water partition coefficient (Wildman–Crippen LogP) is 4.54. The van der Waals surface area contributed by atoms with Crippen molar-refractivity contribution in [1.29, 1.82) is 0 Å². The molecule has 0 aromatic heterocycles. The van der Waals surface area contributed by atoms with Gasteiger partial charge < -0.3 is 16.2 Å². The summed E-state index contributed by atoms with van der Waals surface area (Å²) in [6.45, 7) is 1.94. The highest BCUT2D eigenvalue weighted by molar-refractivity contribution is 5.24. The zero-order chi connectivity index (χ0) is 22.3. The average molecular weight is 423 g/mol. The highest BCUT2D eigenvalue weighted by atomic mass is 16.5. The molecular formula is C22H30N8O. The largest absolute Gasteiger partial charge is 0.381 e. The first kappa shape index (κ1) is 24.2. The van der Waals surface area contributed by atoms with Crippen LogP contribution in [-0.4, -0.2) is 25.3 Å². The highest BCUT2D eigenvalue weighted by Crippen LogP contribution is 2.10. The predicted molar refractivity (Wildman–Crippen MR) is 122 cm³/mol. The molecule has 0 aliphatic carbocycles. The molecule has 0 aliphatic rings. The topological polar surface area (TPSA) is 159 Å². The third-order valence-electron chi connectivity index (χ3n) is 4.94. The number of nitrogens with zero attached hydrogens (tertiary/aromatic N) is 6. The Hall–Kier alpha value is -3.06. The zero-order valence-corrected chi connectivity index (χ0v) is 17.7. The molecule has 2 rings (SSSR count). The van der Waals surface area contributed by atoms with Crippen LogP contribution < -0.4 is 11.5 Å². The summed E-state index contributed by atoms with van der Waals surface area (Å²) >= 11 is 0. The van der Waals surface area contributed by atoms with Gasteiger partial charge >= 0.3 is 0 Å². The van der Waals surface area contributed by atoms with Crippen LogP contribution in [0.1, 0.15) is 35.1 Å². The first-order chi connectivity index (χ1) is 15.1. The van der Waals surface area contributed by atoms with Crippen molar-refractivity contribution in [3.63, 3.8) is 0 Å². The Labute approximate surface area is 182 Å². The number of hydrogen-bond donors (Lipinski definition) is 2. The zero-order valence-electron chi connectivity index (χ0n) is 17.7. The van der Waals surface area contributed by atoms with E-state index in [0.717, 1.165) is 47.9 Å². The number of azide groups is 2. The number of nitrogens with two attached hydrogens (primary N) is 2. The molecule has 4 N–H and O–H groups in total. The van der Waals surface area contributed by atoms with Gasteiger partial charge in [-0.25, -0.2) is 0 Å². The van der Waals surface area contributed by atoms with Crippen LogP contribution in [0.4, 0.5) is 0 Å². The molecule has 0 bridgehead atoms. The monoisotopic (exact) mass is 422 g/mol. The molecule has 0 heterocycles. The molecule has 0 saturated heterocycles. The van der Waals surface area contributed by atoms with E-state index < -0.39 is 0 Å². The van der Waals surface area contributed by atoms with E-state index in [0.29, 0.717) is 26.3 Å². The molecule has 0 saturated carbocycles. The Morgan fingerprint density at radius 3 is 1.39 bits per heavy atom. The van der Waals surface area contributed by atoms with E-state index in [1.807, 2.05) is 48.5 Å². The molecule has 0 spiro atoms. The van der Waals surface area contributed by atoms with Crippen molar-refractivity contribution >= 4 is 0 Å². The molecule has 0 radical (unpaired) electrons. The maximum atomic E-state index is 8.36. The van der Waals surface area contributed by atoms with Crippen LogP contribution in [0.3, 0.4) is 0 Å². The van der Waals surface area contributed by atoms with Gasteiger partial charge in [0.25, 0.3) is 0 Å². The Morgan fingerprint density at radius 1 is 0.677 bits per heavy atom. The van der Waals surface area contributed by atoms with E-state index in [9.17, 15) is 0 Å². The van der Waals surface area contributed by atoms with Crippen LogP contribution in [0.2, 0.25) is 0 Å². The van der Waals surface area contributed by atoms with Crippen molar-refractivity contribution in [3.8, 4) is 0 Å². The van der Waals surface area contributed by atoms with Gasteiger partial charge in [-0.3, -0.25) is 0 Å². The molecule has 2 unspecified atom stereocenters. The summed E-state index contributed by atoms with van der Waals surface area (Å²) in [6.07, 6.45) is 3.12. The molecule has 9 nitrogen and oxygen atoms in total. The van der Waals surface area contributed by atoms with Gasteiger partial charge in [-0.2, -0.15) is 0 Å². The Bertz CT molecular complexity index is 798. The lowest BCUT2D eigenvalue weighted by Gasteiger charge is -2.14. The third kappa shape index (κ3) is 10.00. The normalized spacial score (nSPS) is 12.5. The Morgan fingerprint density at radius 2 is 1.03 bits per heavy atom. The van der Waals surface area contributed by atoms with Gasteiger partial charge in [0.1, 0.15) is 0 Å². The van der Waals surface area contributed by atoms with Gasteiger partial charge in [-0.15, -0.1) is 0 Å².